The van der Waals surface area contributed by atoms with Crippen LogP contribution in [0.4, 0.5) is 5.69 Å². The van der Waals surface area contributed by atoms with Crippen LogP contribution in [0.25, 0.3) is 10.8 Å². The van der Waals surface area contributed by atoms with E-state index in [2.05, 4.69) is 14.8 Å². The molecule has 20 heavy (non-hydrogen) atoms. The number of aryl methyl sites for hydroxylation is 1. The second-order valence-corrected chi connectivity index (χ2v) is 4.30. The van der Waals surface area contributed by atoms with Gasteiger partial charge >= 0.3 is 11.3 Å². The van der Waals surface area contributed by atoms with Gasteiger partial charge in [-0.2, -0.15) is 0 Å². The highest BCUT2D eigenvalue weighted by Crippen LogP contribution is 2.25. The molecular weight excluding hydrogens is 258 g/mol. The second-order valence-electron chi connectivity index (χ2n) is 4.30. The van der Waals surface area contributed by atoms with Gasteiger partial charge in [0.1, 0.15) is 0 Å². The number of hydrogen-bond acceptors (Lipinski definition) is 4. The minimum atomic E-state index is -0.735. The smallest absolute Gasteiger partial charge is 0.435 e. The monoisotopic (exact) mass is 269 g/mol. The Labute approximate surface area is 113 Å². The van der Waals surface area contributed by atoms with Crippen LogP contribution < -0.4 is 15.4 Å². The van der Waals surface area contributed by atoms with Crippen LogP contribution in [0.3, 0.4) is 0 Å². The summed E-state index contributed by atoms with van der Waals surface area (Å²) in [6.45, 7) is 0. The highest BCUT2D eigenvalue weighted by Gasteiger charge is 2.17. The quantitative estimate of drug-likeness (QED) is 0.414. The first-order chi connectivity index (χ1) is 9.66. The van der Waals surface area contributed by atoms with E-state index in [-0.39, 0.29) is 5.69 Å². The molecule has 0 aliphatic rings. The Balaban J connectivity index is 2.18. The van der Waals surface area contributed by atoms with Crippen molar-refractivity contribution in [3.8, 4) is 0 Å². The Morgan fingerprint density at radius 1 is 1.25 bits per heavy atom. The van der Waals surface area contributed by atoms with Crippen molar-refractivity contribution < 1.29 is 14.3 Å². The number of nitrogens with zero attached hydrogens (tertiary/aromatic N) is 2. The molecule has 0 fully saturated rings. The van der Waals surface area contributed by atoms with Gasteiger partial charge in [0.25, 0.3) is 0 Å². The number of nitrogens with one attached hydrogen (secondary N) is 1. The molecule has 6 heteroatoms. The summed E-state index contributed by atoms with van der Waals surface area (Å²) in [6.07, 6.45) is 0. The first-order valence-corrected chi connectivity index (χ1v) is 5.98. The Kier molecular flexibility index (Phi) is 2.83. The van der Waals surface area contributed by atoms with Gasteiger partial charge in [0.05, 0.1) is 11.6 Å². The van der Waals surface area contributed by atoms with Gasteiger partial charge in [-0.3, -0.25) is 9.52 Å². The largest absolute Gasteiger partial charge is 0.854 e. The SMILES string of the molecule is C[n+]1[nH]oc(=O)c1C([O-])=Nc1cccc2ccccc12. The van der Waals surface area contributed by atoms with Crippen LogP contribution in [0, 0.1) is 0 Å². The number of aromatic amines is 1. The van der Waals surface area contributed by atoms with Crippen LogP contribution in [0.1, 0.15) is 5.69 Å². The van der Waals surface area contributed by atoms with Crippen molar-refractivity contribution in [2.45, 2.75) is 0 Å². The number of rotatable bonds is 2. The van der Waals surface area contributed by atoms with Gasteiger partial charge in [0, 0.05) is 5.39 Å². The van der Waals surface area contributed by atoms with Gasteiger partial charge < -0.3 is 5.11 Å². The average Bonchev–Trinajstić information content (AvgIpc) is 2.78. The van der Waals surface area contributed by atoms with Crippen LogP contribution >= 0.6 is 0 Å². The van der Waals surface area contributed by atoms with E-state index in [1.54, 1.807) is 6.07 Å². The van der Waals surface area contributed by atoms with E-state index in [9.17, 15) is 9.90 Å². The van der Waals surface area contributed by atoms with E-state index < -0.39 is 11.5 Å². The zero-order valence-corrected chi connectivity index (χ0v) is 10.7. The average molecular weight is 269 g/mol. The minimum Gasteiger partial charge on any atom is -0.854 e. The summed E-state index contributed by atoms with van der Waals surface area (Å²) in [5, 5.41) is 16.2. The molecule has 6 nitrogen and oxygen atoms in total. The molecule has 3 rings (SSSR count). The van der Waals surface area contributed by atoms with Crippen LogP contribution in [0.15, 0.2) is 56.8 Å². The second kappa shape index (κ2) is 4.65. The summed E-state index contributed by atoms with van der Waals surface area (Å²) in [4.78, 5) is 15.4. The van der Waals surface area contributed by atoms with Crippen molar-refractivity contribution in [2.24, 2.45) is 12.0 Å². The topological polar surface area (TPSA) is 85.3 Å². The van der Waals surface area contributed by atoms with E-state index in [0.717, 1.165) is 10.8 Å². The van der Waals surface area contributed by atoms with Gasteiger partial charge in [-0.25, -0.2) is 4.79 Å². The predicted molar refractivity (Wildman–Crippen MR) is 70.6 cm³/mol. The number of fused-ring (bicyclic) bond motifs is 1. The first-order valence-electron chi connectivity index (χ1n) is 5.98. The van der Waals surface area contributed by atoms with Crippen molar-refractivity contribution in [1.29, 1.82) is 0 Å². The van der Waals surface area contributed by atoms with Gasteiger partial charge in [0.15, 0.2) is 7.05 Å². The number of aromatic nitrogens is 2. The molecule has 0 saturated heterocycles. The molecule has 1 aromatic heterocycles. The standard InChI is InChI=1S/C14H11N3O3/c1-17-12(14(19)20-16-17)13(18)15-11-8-4-6-9-5-2-3-7-10(9)11/h2-8H,1H3,(H-,15,16,18,19). The summed E-state index contributed by atoms with van der Waals surface area (Å²) >= 11 is 0. The van der Waals surface area contributed by atoms with Crippen LogP contribution in [-0.4, -0.2) is 11.2 Å². The maximum absolute atomic E-state index is 12.1. The molecule has 3 aromatic rings. The van der Waals surface area contributed by atoms with Crippen molar-refractivity contribution in [1.82, 2.24) is 5.27 Å². The molecule has 0 saturated carbocycles. The van der Waals surface area contributed by atoms with Gasteiger partial charge in [-0.05, 0) is 16.7 Å². The third-order valence-corrected chi connectivity index (χ3v) is 3.00. The summed E-state index contributed by atoms with van der Waals surface area (Å²) in [5.41, 5.74) is -0.354. The Hall–Kier alpha value is -2.89. The number of benzene rings is 2. The van der Waals surface area contributed by atoms with Gasteiger partial charge in [0.2, 0.25) is 0 Å². The molecule has 0 amide bonds. The lowest BCUT2D eigenvalue weighted by molar-refractivity contribution is -0.742. The molecule has 1 N–H and O–H groups in total. The van der Waals surface area contributed by atoms with E-state index in [1.807, 2.05) is 36.4 Å². The third kappa shape index (κ3) is 1.97. The summed E-state index contributed by atoms with van der Waals surface area (Å²) in [7, 11) is 1.51. The lowest BCUT2D eigenvalue weighted by atomic mass is 10.1. The van der Waals surface area contributed by atoms with Gasteiger partial charge in [-0.1, -0.05) is 41.1 Å². The molecule has 0 bridgehead atoms. The van der Waals surface area contributed by atoms with Crippen molar-refractivity contribution in [2.75, 3.05) is 0 Å². The molecule has 0 atom stereocenters. The summed E-state index contributed by atoms with van der Waals surface area (Å²) in [6, 6.07) is 13.1. The van der Waals surface area contributed by atoms with Crippen LogP contribution in [-0.2, 0) is 7.05 Å². The highest BCUT2D eigenvalue weighted by atomic mass is 16.5. The fourth-order valence-corrected chi connectivity index (χ4v) is 2.04. The summed E-state index contributed by atoms with van der Waals surface area (Å²) in [5.74, 6) is -0.640. The molecule has 0 aliphatic carbocycles. The van der Waals surface area contributed by atoms with E-state index >= 15 is 0 Å². The van der Waals surface area contributed by atoms with Crippen LogP contribution in [0.2, 0.25) is 0 Å². The molecule has 1 heterocycles. The van der Waals surface area contributed by atoms with Crippen molar-refractivity contribution >= 4 is 22.4 Å². The zero-order valence-electron chi connectivity index (χ0n) is 10.7. The molecule has 0 unspecified atom stereocenters. The lowest BCUT2D eigenvalue weighted by Crippen LogP contribution is -2.43. The number of hydrogen-bond donors (Lipinski definition) is 1. The van der Waals surface area contributed by atoms with E-state index in [4.69, 9.17) is 0 Å². The molecule has 2 aromatic carbocycles. The predicted octanol–water partition coefficient (Wildman–Crippen LogP) is 0.384. The Bertz CT molecular complexity index is 856. The zero-order chi connectivity index (χ0) is 14.1. The van der Waals surface area contributed by atoms with Crippen molar-refractivity contribution in [3.05, 3.63) is 58.6 Å². The number of aliphatic imine (C=N–C) groups is 1. The first kappa shape index (κ1) is 12.2. The normalized spacial score (nSPS) is 11.9. The molecule has 100 valence electrons. The van der Waals surface area contributed by atoms with Crippen LogP contribution in [0.5, 0.6) is 0 Å². The minimum absolute atomic E-state index is 0.141. The maximum atomic E-state index is 12.1. The molecular formula is C14H11N3O3. The maximum Gasteiger partial charge on any atom is 0.435 e. The Morgan fingerprint density at radius 2 is 2.00 bits per heavy atom. The summed E-state index contributed by atoms with van der Waals surface area (Å²) < 4.78 is 5.75. The Morgan fingerprint density at radius 3 is 2.75 bits per heavy atom. The fraction of sp³-hybridized carbons (Fsp3) is 0.0714. The third-order valence-electron chi connectivity index (χ3n) is 3.00. The fourth-order valence-electron chi connectivity index (χ4n) is 2.04. The molecule has 0 spiro atoms. The van der Waals surface area contributed by atoms with E-state index in [0.29, 0.717) is 5.69 Å². The molecule has 0 aliphatic heterocycles. The van der Waals surface area contributed by atoms with E-state index in [1.165, 1.54) is 11.7 Å². The highest BCUT2D eigenvalue weighted by molar-refractivity contribution is 5.97. The lowest BCUT2D eigenvalue weighted by Gasteiger charge is -2.06. The number of H-pyrrole nitrogens is 1. The molecule has 0 radical (unpaired) electrons. The van der Waals surface area contributed by atoms with Crippen molar-refractivity contribution in [3.63, 3.8) is 0 Å². The van der Waals surface area contributed by atoms with Gasteiger partial charge in [-0.15, -0.1) is 0 Å².